The van der Waals surface area contributed by atoms with Gasteiger partial charge in [0.1, 0.15) is 0 Å². The number of carboxylic acid groups (broad SMARTS) is 1. The summed E-state index contributed by atoms with van der Waals surface area (Å²) in [4.78, 5) is 24.2. The van der Waals surface area contributed by atoms with Gasteiger partial charge in [0.25, 0.3) is 0 Å². The predicted molar refractivity (Wildman–Crippen MR) is 71.1 cm³/mol. The molecule has 1 fully saturated rings. The number of aliphatic carboxylic acids is 1. The van der Waals surface area contributed by atoms with Crippen molar-refractivity contribution in [3.63, 3.8) is 0 Å². The van der Waals surface area contributed by atoms with Gasteiger partial charge >= 0.3 is 12.0 Å². The Morgan fingerprint density at radius 3 is 2.63 bits per heavy atom. The van der Waals surface area contributed by atoms with Crippen molar-refractivity contribution < 1.29 is 19.4 Å². The van der Waals surface area contributed by atoms with Gasteiger partial charge in [0, 0.05) is 39.3 Å². The van der Waals surface area contributed by atoms with Crippen molar-refractivity contribution in [1.29, 1.82) is 0 Å². The zero-order valence-electron chi connectivity index (χ0n) is 11.6. The lowest BCUT2D eigenvalue weighted by molar-refractivity contribution is -0.138. The van der Waals surface area contributed by atoms with Gasteiger partial charge in [-0.15, -0.1) is 0 Å². The first kappa shape index (κ1) is 15.8. The topological polar surface area (TPSA) is 78.9 Å². The van der Waals surface area contributed by atoms with Crippen LogP contribution in [0.4, 0.5) is 4.79 Å². The zero-order chi connectivity index (χ0) is 14.1. The van der Waals surface area contributed by atoms with Crippen LogP contribution >= 0.6 is 0 Å². The molecular weight excluding hydrogens is 248 g/mol. The van der Waals surface area contributed by atoms with Crippen LogP contribution in [0.2, 0.25) is 0 Å². The molecule has 6 nitrogen and oxygen atoms in total. The highest BCUT2D eigenvalue weighted by molar-refractivity contribution is 5.74. The molecule has 0 radical (unpaired) electrons. The fourth-order valence-electron chi connectivity index (χ4n) is 2.21. The number of hydrogen-bond donors (Lipinski definition) is 2. The third-order valence-electron chi connectivity index (χ3n) is 3.31. The average molecular weight is 272 g/mol. The van der Waals surface area contributed by atoms with Gasteiger partial charge in [0.05, 0.1) is 0 Å². The van der Waals surface area contributed by atoms with Gasteiger partial charge in [-0.25, -0.2) is 4.79 Å². The van der Waals surface area contributed by atoms with Crippen molar-refractivity contribution in [3.8, 4) is 0 Å². The van der Waals surface area contributed by atoms with Crippen LogP contribution in [0.25, 0.3) is 0 Å². The standard InChI is InChI=1S/C13H24N2O4/c1-2-19-9-3-6-14-13(18)15-7-4-11(5-8-15)10-12(16)17/h11H,2-10H2,1H3,(H,14,18)(H,16,17). The van der Waals surface area contributed by atoms with Crippen molar-refractivity contribution in [3.05, 3.63) is 0 Å². The van der Waals surface area contributed by atoms with E-state index in [1.54, 1.807) is 4.90 Å². The number of nitrogens with one attached hydrogen (secondary N) is 1. The zero-order valence-corrected chi connectivity index (χ0v) is 11.6. The van der Waals surface area contributed by atoms with E-state index in [-0.39, 0.29) is 18.4 Å². The van der Waals surface area contributed by atoms with E-state index in [2.05, 4.69) is 5.32 Å². The molecule has 0 aromatic rings. The van der Waals surface area contributed by atoms with Crippen LogP contribution < -0.4 is 5.32 Å². The molecule has 0 aliphatic carbocycles. The Balaban J connectivity index is 2.12. The van der Waals surface area contributed by atoms with E-state index in [4.69, 9.17) is 9.84 Å². The maximum absolute atomic E-state index is 11.8. The summed E-state index contributed by atoms with van der Waals surface area (Å²) in [5, 5.41) is 11.6. The molecule has 6 heteroatoms. The maximum atomic E-state index is 11.8. The minimum absolute atomic E-state index is 0.0507. The molecule has 0 unspecified atom stereocenters. The number of hydrogen-bond acceptors (Lipinski definition) is 3. The first-order valence-electron chi connectivity index (χ1n) is 6.95. The summed E-state index contributed by atoms with van der Waals surface area (Å²) in [7, 11) is 0. The second-order valence-corrected chi connectivity index (χ2v) is 4.81. The molecule has 0 atom stereocenters. The summed E-state index contributed by atoms with van der Waals surface area (Å²) < 4.78 is 5.19. The third-order valence-corrected chi connectivity index (χ3v) is 3.31. The van der Waals surface area contributed by atoms with Gasteiger partial charge in [-0.1, -0.05) is 0 Å². The summed E-state index contributed by atoms with van der Waals surface area (Å²) in [6.07, 6.45) is 2.58. The first-order chi connectivity index (χ1) is 9.13. The molecule has 1 aliphatic heterocycles. The van der Waals surface area contributed by atoms with Gasteiger partial charge in [-0.3, -0.25) is 4.79 Å². The van der Waals surface area contributed by atoms with Gasteiger partial charge in [-0.05, 0) is 32.1 Å². The second-order valence-electron chi connectivity index (χ2n) is 4.81. The van der Waals surface area contributed by atoms with Crippen LogP contribution in [0.3, 0.4) is 0 Å². The molecule has 1 heterocycles. The Labute approximate surface area is 114 Å². The lowest BCUT2D eigenvalue weighted by Crippen LogP contribution is -2.45. The van der Waals surface area contributed by atoms with Gasteiger partial charge in [0.2, 0.25) is 0 Å². The highest BCUT2D eigenvalue weighted by Gasteiger charge is 2.23. The normalized spacial score (nSPS) is 16.4. The Bertz CT molecular complexity index is 288. The molecule has 1 saturated heterocycles. The van der Waals surface area contributed by atoms with Crippen LogP contribution in [0, 0.1) is 5.92 Å². The Morgan fingerprint density at radius 1 is 1.37 bits per heavy atom. The number of carbonyl (C=O) groups excluding carboxylic acids is 1. The highest BCUT2D eigenvalue weighted by atomic mass is 16.5. The summed E-state index contributed by atoms with van der Waals surface area (Å²) >= 11 is 0. The van der Waals surface area contributed by atoms with E-state index in [1.165, 1.54) is 0 Å². The minimum Gasteiger partial charge on any atom is -0.481 e. The monoisotopic (exact) mass is 272 g/mol. The van der Waals surface area contributed by atoms with Crippen molar-refractivity contribution in [2.24, 2.45) is 5.92 Å². The van der Waals surface area contributed by atoms with E-state index in [0.717, 1.165) is 19.3 Å². The number of urea groups is 1. The lowest BCUT2D eigenvalue weighted by Gasteiger charge is -2.31. The van der Waals surface area contributed by atoms with Gasteiger partial charge in [-0.2, -0.15) is 0 Å². The molecule has 0 aromatic heterocycles. The molecule has 0 spiro atoms. The van der Waals surface area contributed by atoms with Crippen LogP contribution in [0.1, 0.15) is 32.6 Å². The van der Waals surface area contributed by atoms with E-state index >= 15 is 0 Å². The first-order valence-corrected chi connectivity index (χ1v) is 6.95. The number of nitrogens with zero attached hydrogens (tertiary/aromatic N) is 1. The fraction of sp³-hybridized carbons (Fsp3) is 0.846. The van der Waals surface area contributed by atoms with Gasteiger partial charge in [0.15, 0.2) is 0 Å². The largest absolute Gasteiger partial charge is 0.481 e. The Hall–Kier alpha value is -1.30. The predicted octanol–water partition coefficient (Wildman–Crippen LogP) is 1.31. The van der Waals surface area contributed by atoms with Crippen LogP contribution in [0.5, 0.6) is 0 Å². The molecule has 2 amide bonds. The molecule has 1 rings (SSSR count). The number of piperidine rings is 1. The minimum atomic E-state index is -0.751. The number of carbonyl (C=O) groups is 2. The number of amides is 2. The molecule has 19 heavy (non-hydrogen) atoms. The molecule has 1 aliphatic rings. The SMILES string of the molecule is CCOCCCNC(=O)N1CCC(CC(=O)O)CC1. The Kier molecular flexibility index (Phi) is 7.25. The molecule has 0 aromatic carbocycles. The van der Waals surface area contributed by atoms with Crippen molar-refractivity contribution in [2.75, 3.05) is 32.8 Å². The van der Waals surface area contributed by atoms with Crippen LogP contribution in [-0.4, -0.2) is 54.9 Å². The third kappa shape index (κ3) is 6.42. The number of rotatable bonds is 7. The number of likely N-dealkylation sites (tertiary alicyclic amines) is 1. The summed E-state index contributed by atoms with van der Waals surface area (Å²) in [6, 6.07) is -0.0507. The van der Waals surface area contributed by atoms with E-state index < -0.39 is 5.97 Å². The van der Waals surface area contributed by atoms with Crippen molar-refractivity contribution >= 4 is 12.0 Å². The van der Waals surface area contributed by atoms with E-state index in [1.807, 2.05) is 6.92 Å². The number of ether oxygens (including phenoxy) is 1. The summed E-state index contributed by atoms with van der Waals surface area (Å²) in [5.74, 6) is -0.543. The summed E-state index contributed by atoms with van der Waals surface area (Å²) in [5.41, 5.74) is 0. The maximum Gasteiger partial charge on any atom is 0.317 e. The number of carboxylic acids is 1. The molecule has 0 saturated carbocycles. The summed E-state index contributed by atoms with van der Waals surface area (Å²) in [6.45, 7) is 5.22. The van der Waals surface area contributed by atoms with E-state index in [0.29, 0.717) is 32.8 Å². The molecule has 2 N–H and O–H groups in total. The van der Waals surface area contributed by atoms with Crippen LogP contribution in [-0.2, 0) is 9.53 Å². The smallest absolute Gasteiger partial charge is 0.317 e. The quantitative estimate of drug-likeness (QED) is 0.685. The van der Waals surface area contributed by atoms with Crippen molar-refractivity contribution in [1.82, 2.24) is 10.2 Å². The Morgan fingerprint density at radius 2 is 2.05 bits per heavy atom. The molecule has 110 valence electrons. The molecule has 0 bridgehead atoms. The van der Waals surface area contributed by atoms with Crippen LogP contribution in [0.15, 0.2) is 0 Å². The lowest BCUT2D eigenvalue weighted by atomic mass is 9.94. The fourth-order valence-corrected chi connectivity index (χ4v) is 2.21. The molecular formula is C13H24N2O4. The van der Waals surface area contributed by atoms with E-state index in [9.17, 15) is 9.59 Å². The average Bonchev–Trinajstić information content (AvgIpc) is 2.38. The highest BCUT2D eigenvalue weighted by Crippen LogP contribution is 2.20. The van der Waals surface area contributed by atoms with Crippen molar-refractivity contribution in [2.45, 2.75) is 32.6 Å². The van der Waals surface area contributed by atoms with Gasteiger partial charge < -0.3 is 20.1 Å². The second kappa shape index (κ2) is 8.74.